The van der Waals surface area contributed by atoms with Crippen LogP contribution in [0.1, 0.15) is 30.2 Å². The van der Waals surface area contributed by atoms with E-state index in [1.807, 2.05) is 50.2 Å². The number of aromatic nitrogens is 1. The lowest BCUT2D eigenvalue weighted by Crippen LogP contribution is -2.27. The summed E-state index contributed by atoms with van der Waals surface area (Å²) >= 11 is 1.62. The Morgan fingerprint density at radius 2 is 1.65 bits per heavy atom. The quantitative estimate of drug-likeness (QED) is 0.674. The van der Waals surface area contributed by atoms with E-state index >= 15 is 0 Å². The third-order valence-electron chi connectivity index (χ3n) is 3.92. The molecule has 3 rings (SSSR count). The fourth-order valence-electron chi connectivity index (χ4n) is 2.70. The zero-order chi connectivity index (χ0) is 16.4. The molecule has 0 spiro atoms. The normalized spacial score (nSPS) is 13.2. The number of aryl methyl sites for hydroxylation is 1. The standard InChI is InChI=1S/C20H21NOS/c1-14-8-4-6-10-16(14)19(20(2,3)22)23-18-13-12-15-9-5-7-11-17(15)21-18/h4-13,19,22H,1-3H3. The van der Waals surface area contributed by atoms with Crippen LogP contribution in [0, 0.1) is 6.92 Å². The van der Waals surface area contributed by atoms with E-state index < -0.39 is 5.60 Å². The Bertz CT molecular complexity index is 823. The van der Waals surface area contributed by atoms with Crippen LogP contribution in [0.15, 0.2) is 65.7 Å². The number of nitrogens with zero attached hydrogens (tertiary/aromatic N) is 1. The van der Waals surface area contributed by atoms with Gasteiger partial charge in [-0.15, -0.1) is 0 Å². The van der Waals surface area contributed by atoms with Crippen LogP contribution in [-0.4, -0.2) is 15.7 Å². The topological polar surface area (TPSA) is 33.1 Å². The van der Waals surface area contributed by atoms with Crippen molar-refractivity contribution < 1.29 is 5.11 Å². The fraction of sp³-hybridized carbons (Fsp3) is 0.250. The average Bonchev–Trinajstić information content (AvgIpc) is 2.52. The molecule has 0 bridgehead atoms. The Morgan fingerprint density at radius 3 is 2.39 bits per heavy atom. The number of pyridine rings is 1. The molecule has 0 aliphatic carbocycles. The summed E-state index contributed by atoms with van der Waals surface area (Å²) in [5.74, 6) is 0. The molecule has 0 saturated carbocycles. The Morgan fingerprint density at radius 1 is 0.957 bits per heavy atom. The summed E-state index contributed by atoms with van der Waals surface area (Å²) in [6.45, 7) is 5.80. The average molecular weight is 323 g/mol. The van der Waals surface area contributed by atoms with Gasteiger partial charge in [-0.05, 0) is 44.0 Å². The maximum atomic E-state index is 10.7. The van der Waals surface area contributed by atoms with Crippen molar-refractivity contribution in [2.75, 3.05) is 0 Å². The van der Waals surface area contributed by atoms with Crippen molar-refractivity contribution in [3.63, 3.8) is 0 Å². The molecule has 1 heterocycles. The monoisotopic (exact) mass is 323 g/mol. The first-order valence-electron chi connectivity index (χ1n) is 7.75. The van der Waals surface area contributed by atoms with Crippen LogP contribution in [0.2, 0.25) is 0 Å². The smallest absolute Gasteiger partial charge is 0.0974 e. The lowest BCUT2D eigenvalue weighted by atomic mass is 9.95. The number of thioether (sulfide) groups is 1. The molecule has 1 aromatic heterocycles. The maximum absolute atomic E-state index is 10.7. The van der Waals surface area contributed by atoms with Crippen molar-refractivity contribution in [2.45, 2.75) is 36.6 Å². The summed E-state index contributed by atoms with van der Waals surface area (Å²) < 4.78 is 0. The second-order valence-electron chi connectivity index (χ2n) is 6.35. The van der Waals surface area contributed by atoms with Crippen LogP contribution in [0.25, 0.3) is 10.9 Å². The van der Waals surface area contributed by atoms with Crippen LogP contribution >= 0.6 is 11.8 Å². The molecule has 118 valence electrons. The minimum atomic E-state index is -0.843. The highest BCUT2D eigenvalue weighted by molar-refractivity contribution is 7.99. The highest BCUT2D eigenvalue weighted by atomic mass is 32.2. The van der Waals surface area contributed by atoms with E-state index in [0.717, 1.165) is 21.5 Å². The molecule has 2 nitrogen and oxygen atoms in total. The van der Waals surface area contributed by atoms with Crippen molar-refractivity contribution in [1.82, 2.24) is 4.98 Å². The van der Waals surface area contributed by atoms with E-state index in [4.69, 9.17) is 4.98 Å². The first-order valence-corrected chi connectivity index (χ1v) is 8.63. The number of benzene rings is 2. The zero-order valence-corrected chi connectivity index (χ0v) is 14.5. The molecule has 2 aromatic carbocycles. The van der Waals surface area contributed by atoms with Gasteiger partial charge in [0.25, 0.3) is 0 Å². The SMILES string of the molecule is Cc1ccccc1C(Sc1ccc2ccccc2n1)C(C)(C)O. The van der Waals surface area contributed by atoms with E-state index in [1.54, 1.807) is 11.8 Å². The molecule has 1 N–H and O–H groups in total. The third-order valence-corrected chi connectivity index (χ3v) is 5.46. The number of hydrogen-bond donors (Lipinski definition) is 1. The highest BCUT2D eigenvalue weighted by Gasteiger charge is 2.30. The van der Waals surface area contributed by atoms with Gasteiger partial charge in [0.1, 0.15) is 0 Å². The first-order chi connectivity index (χ1) is 10.9. The largest absolute Gasteiger partial charge is 0.389 e. The molecule has 0 saturated heterocycles. The lowest BCUT2D eigenvalue weighted by Gasteiger charge is -2.30. The first kappa shape index (κ1) is 16.0. The highest BCUT2D eigenvalue weighted by Crippen LogP contribution is 2.43. The Hall–Kier alpha value is -1.84. The zero-order valence-electron chi connectivity index (χ0n) is 13.7. The van der Waals surface area contributed by atoms with Gasteiger partial charge in [0, 0.05) is 5.39 Å². The Balaban J connectivity index is 1.99. The van der Waals surface area contributed by atoms with Crippen molar-refractivity contribution in [1.29, 1.82) is 0 Å². The number of hydrogen-bond acceptors (Lipinski definition) is 3. The fourth-order valence-corrected chi connectivity index (χ4v) is 3.92. The van der Waals surface area contributed by atoms with Gasteiger partial charge in [-0.3, -0.25) is 0 Å². The summed E-state index contributed by atoms with van der Waals surface area (Å²) in [6.07, 6.45) is 0. The van der Waals surface area contributed by atoms with Crippen LogP contribution in [0.4, 0.5) is 0 Å². The van der Waals surface area contributed by atoms with Crippen molar-refractivity contribution in [2.24, 2.45) is 0 Å². The second-order valence-corrected chi connectivity index (χ2v) is 7.48. The van der Waals surface area contributed by atoms with Gasteiger partial charge in [-0.1, -0.05) is 60.3 Å². The van der Waals surface area contributed by atoms with Gasteiger partial charge >= 0.3 is 0 Å². The van der Waals surface area contributed by atoms with Gasteiger partial charge in [0.2, 0.25) is 0 Å². The predicted molar refractivity (Wildman–Crippen MR) is 97.8 cm³/mol. The van der Waals surface area contributed by atoms with Gasteiger partial charge in [0.15, 0.2) is 0 Å². The molecule has 1 atom stereocenters. The minimum Gasteiger partial charge on any atom is -0.389 e. The molecule has 3 heteroatoms. The molecular weight excluding hydrogens is 302 g/mol. The van der Waals surface area contributed by atoms with E-state index in [-0.39, 0.29) is 5.25 Å². The third kappa shape index (κ3) is 3.57. The van der Waals surface area contributed by atoms with Gasteiger partial charge in [-0.2, -0.15) is 0 Å². The predicted octanol–water partition coefficient (Wildman–Crippen LogP) is 5.15. The summed E-state index contributed by atoms with van der Waals surface area (Å²) in [6, 6.07) is 20.4. The molecule has 0 fully saturated rings. The molecule has 3 aromatic rings. The van der Waals surface area contributed by atoms with E-state index in [9.17, 15) is 5.11 Å². The van der Waals surface area contributed by atoms with E-state index in [1.165, 1.54) is 5.56 Å². The molecule has 0 amide bonds. The molecule has 0 radical (unpaired) electrons. The van der Waals surface area contributed by atoms with Gasteiger partial charge < -0.3 is 5.11 Å². The Kier molecular flexibility index (Phi) is 4.42. The molecule has 0 aliphatic heterocycles. The van der Waals surface area contributed by atoms with Crippen molar-refractivity contribution in [3.8, 4) is 0 Å². The van der Waals surface area contributed by atoms with Gasteiger partial charge in [0.05, 0.1) is 21.4 Å². The maximum Gasteiger partial charge on any atom is 0.0974 e. The second kappa shape index (κ2) is 6.34. The summed E-state index contributed by atoms with van der Waals surface area (Å²) in [4.78, 5) is 4.74. The molecule has 0 aliphatic rings. The molecular formula is C20H21NOS. The van der Waals surface area contributed by atoms with Crippen molar-refractivity contribution >= 4 is 22.7 Å². The lowest BCUT2D eigenvalue weighted by molar-refractivity contribution is 0.0774. The number of fused-ring (bicyclic) bond motifs is 1. The summed E-state index contributed by atoms with van der Waals surface area (Å²) in [7, 11) is 0. The molecule has 23 heavy (non-hydrogen) atoms. The van der Waals surface area contributed by atoms with E-state index in [2.05, 4.69) is 31.2 Å². The van der Waals surface area contributed by atoms with Crippen LogP contribution in [0.5, 0.6) is 0 Å². The van der Waals surface area contributed by atoms with Crippen LogP contribution in [0.3, 0.4) is 0 Å². The number of aliphatic hydroxyl groups is 1. The number of para-hydroxylation sites is 1. The number of rotatable bonds is 4. The summed E-state index contributed by atoms with van der Waals surface area (Å²) in [5.41, 5.74) is 2.48. The minimum absolute atomic E-state index is 0.0719. The van der Waals surface area contributed by atoms with Gasteiger partial charge in [-0.25, -0.2) is 4.98 Å². The Labute approximate surface area is 141 Å². The van der Waals surface area contributed by atoms with Crippen LogP contribution < -0.4 is 0 Å². The molecule has 1 unspecified atom stereocenters. The van der Waals surface area contributed by atoms with Crippen molar-refractivity contribution in [3.05, 3.63) is 71.8 Å². The summed E-state index contributed by atoms with van der Waals surface area (Å²) in [5, 5.41) is 12.7. The van der Waals surface area contributed by atoms with E-state index in [0.29, 0.717) is 0 Å². The van der Waals surface area contributed by atoms with Crippen LogP contribution in [-0.2, 0) is 0 Å².